The van der Waals surface area contributed by atoms with Gasteiger partial charge in [-0.2, -0.15) is 10.1 Å². The number of aryl methyl sites for hydroxylation is 1. The summed E-state index contributed by atoms with van der Waals surface area (Å²) < 4.78 is 14.8. The van der Waals surface area contributed by atoms with E-state index in [-0.39, 0.29) is 27.5 Å². The Balaban J connectivity index is 2.20. The van der Waals surface area contributed by atoms with Crippen molar-refractivity contribution in [3.8, 4) is 17.2 Å². The van der Waals surface area contributed by atoms with Crippen molar-refractivity contribution in [3.63, 3.8) is 0 Å². The highest BCUT2D eigenvalue weighted by Crippen LogP contribution is 2.12. The fourth-order valence-corrected chi connectivity index (χ4v) is 2.08. The van der Waals surface area contributed by atoms with E-state index in [4.69, 9.17) is 12.2 Å². The number of halogens is 1. The van der Waals surface area contributed by atoms with Gasteiger partial charge in [0.2, 0.25) is 10.2 Å². The molecule has 0 bridgehead atoms. The third-order valence-electron chi connectivity index (χ3n) is 2.90. The number of rotatable bonds is 2. The van der Waals surface area contributed by atoms with E-state index in [9.17, 15) is 9.18 Å². The molecule has 3 rings (SSSR count). The summed E-state index contributed by atoms with van der Waals surface area (Å²) >= 11 is 4.87. The molecular weight excluding hydrogens is 293 g/mol. The fourth-order valence-electron chi connectivity index (χ4n) is 1.94. The van der Waals surface area contributed by atoms with Gasteiger partial charge in [-0.25, -0.2) is 9.07 Å². The molecule has 6 nitrogen and oxygen atoms in total. The first-order valence-electron chi connectivity index (χ1n) is 6.06. The normalized spacial score (nSPS) is 10.8. The van der Waals surface area contributed by atoms with Crippen molar-refractivity contribution in [2.75, 3.05) is 0 Å². The summed E-state index contributed by atoms with van der Waals surface area (Å²) in [5.41, 5.74) is 1.13. The van der Waals surface area contributed by atoms with E-state index < -0.39 is 0 Å². The lowest BCUT2D eigenvalue weighted by Gasteiger charge is -2.10. The average Bonchev–Trinajstić information content (AvgIpc) is 2.87. The van der Waals surface area contributed by atoms with Gasteiger partial charge < -0.3 is 0 Å². The van der Waals surface area contributed by atoms with Crippen molar-refractivity contribution in [1.82, 2.24) is 25.0 Å². The molecule has 1 aromatic carbocycles. The summed E-state index contributed by atoms with van der Waals surface area (Å²) in [5.74, 6) is -0.0742. The molecule has 0 aliphatic carbocycles. The third kappa shape index (κ3) is 2.52. The lowest BCUT2D eigenvalue weighted by atomic mass is 10.2. The van der Waals surface area contributed by atoms with Gasteiger partial charge in [0.25, 0.3) is 0 Å². The van der Waals surface area contributed by atoms with Gasteiger partial charge in [0, 0.05) is 11.8 Å². The Morgan fingerprint density at radius 2 is 1.95 bits per heavy atom. The second kappa shape index (κ2) is 5.06. The quantitative estimate of drug-likeness (QED) is 0.711. The predicted octanol–water partition coefficient (Wildman–Crippen LogP) is 2.13. The topological polar surface area (TPSA) is 79.4 Å². The van der Waals surface area contributed by atoms with Crippen LogP contribution in [0.2, 0.25) is 0 Å². The molecule has 3 aromatic rings. The van der Waals surface area contributed by atoms with Crippen LogP contribution in [0.3, 0.4) is 0 Å². The molecule has 0 fully saturated rings. The molecule has 0 saturated heterocycles. The van der Waals surface area contributed by atoms with Crippen molar-refractivity contribution in [3.05, 3.63) is 56.8 Å². The van der Waals surface area contributed by atoms with Crippen molar-refractivity contribution in [2.45, 2.75) is 6.92 Å². The van der Waals surface area contributed by atoms with Crippen LogP contribution in [0.15, 0.2) is 35.1 Å². The maximum Gasteiger partial charge on any atom is 0.213 e. The molecule has 8 heteroatoms. The van der Waals surface area contributed by atoms with Gasteiger partial charge in [-0.3, -0.25) is 15.0 Å². The zero-order chi connectivity index (χ0) is 15.0. The summed E-state index contributed by atoms with van der Waals surface area (Å²) in [6.07, 6.45) is 0. The van der Waals surface area contributed by atoms with E-state index >= 15 is 0 Å². The Hall–Kier alpha value is -2.61. The highest BCUT2D eigenvalue weighted by molar-refractivity contribution is 7.71. The van der Waals surface area contributed by atoms with E-state index in [1.165, 1.54) is 18.2 Å². The molecule has 106 valence electrons. The molecule has 2 heterocycles. The number of hydrogen-bond acceptors (Lipinski definition) is 4. The molecule has 0 aliphatic rings. The van der Waals surface area contributed by atoms with Crippen molar-refractivity contribution < 1.29 is 4.39 Å². The molecular formula is C13H10FN5OS. The number of hydrogen-bond donors (Lipinski definition) is 2. The Labute approximate surface area is 123 Å². The zero-order valence-electron chi connectivity index (χ0n) is 10.9. The van der Waals surface area contributed by atoms with Crippen LogP contribution in [0.5, 0.6) is 0 Å². The summed E-state index contributed by atoms with van der Waals surface area (Å²) in [4.78, 5) is 16.0. The van der Waals surface area contributed by atoms with E-state index in [1.807, 2.05) is 0 Å². The van der Waals surface area contributed by atoms with E-state index in [1.54, 1.807) is 23.7 Å². The minimum absolute atomic E-state index is 0.136. The molecule has 0 atom stereocenters. The minimum Gasteiger partial charge on any atom is -0.287 e. The van der Waals surface area contributed by atoms with Crippen LogP contribution in [-0.4, -0.2) is 25.0 Å². The van der Waals surface area contributed by atoms with E-state index in [0.29, 0.717) is 11.4 Å². The lowest BCUT2D eigenvalue weighted by molar-refractivity contribution is 0.626. The summed E-state index contributed by atoms with van der Waals surface area (Å²) in [5, 5.41) is 9.59. The van der Waals surface area contributed by atoms with E-state index in [2.05, 4.69) is 20.3 Å². The maximum atomic E-state index is 13.0. The van der Waals surface area contributed by atoms with Gasteiger partial charge >= 0.3 is 0 Å². The molecule has 2 aromatic heterocycles. The molecule has 0 aliphatic heterocycles. The van der Waals surface area contributed by atoms with Gasteiger partial charge in [-0.15, -0.1) is 0 Å². The Bertz CT molecular complexity index is 909. The Morgan fingerprint density at radius 3 is 2.57 bits per heavy atom. The van der Waals surface area contributed by atoms with Gasteiger partial charge in [0.1, 0.15) is 5.82 Å². The molecule has 0 saturated carbocycles. The van der Waals surface area contributed by atoms with Gasteiger partial charge in [0.05, 0.1) is 5.69 Å². The van der Waals surface area contributed by atoms with Crippen molar-refractivity contribution >= 4 is 12.2 Å². The highest BCUT2D eigenvalue weighted by Gasteiger charge is 2.12. The van der Waals surface area contributed by atoms with Crippen LogP contribution < -0.4 is 5.43 Å². The molecule has 2 N–H and O–H groups in total. The van der Waals surface area contributed by atoms with Crippen LogP contribution in [0.25, 0.3) is 17.2 Å². The minimum atomic E-state index is -0.339. The number of aromatic amines is 2. The Kier molecular flexibility index (Phi) is 3.22. The summed E-state index contributed by atoms with van der Waals surface area (Å²) in [6.45, 7) is 1.74. The number of nitrogens with one attached hydrogen (secondary N) is 2. The third-order valence-corrected chi connectivity index (χ3v) is 3.10. The van der Waals surface area contributed by atoms with Gasteiger partial charge in [0.15, 0.2) is 11.5 Å². The Morgan fingerprint density at radius 1 is 1.24 bits per heavy atom. The van der Waals surface area contributed by atoms with Crippen LogP contribution >= 0.6 is 12.2 Å². The zero-order valence-corrected chi connectivity index (χ0v) is 11.7. The fraction of sp³-hybridized carbons (Fsp3) is 0.0769. The largest absolute Gasteiger partial charge is 0.287 e. The van der Waals surface area contributed by atoms with Crippen LogP contribution in [-0.2, 0) is 0 Å². The summed E-state index contributed by atoms with van der Waals surface area (Å²) in [6, 6.07) is 7.26. The van der Waals surface area contributed by atoms with Gasteiger partial charge in [-0.05, 0) is 43.4 Å². The van der Waals surface area contributed by atoms with E-state index in [0.717, 1.165) is 0 Å². The molecule has 21 heavy (non-hydrogen) atoms. The first-order chi connectivity index (χ1) is 10.0. The molecule has 0 unspecified atom stereocenters. The number of aromatic nitrogens is 5. The first-order valence-corrected chi connectivity index (χ1v) is 6.47. The maximum absolute atomic E-state index is 13.0. The smallest absolute Gasteiger partial charge is 0.213 e. The SMILES string of the molecule is Cc1cc(=O)c(-c2nc(=S)[nH][nH]2)nn1-c1ccc(F)cc1. The second-order valence-corrected chi connectivity index (χ2v) is 4.79. The number of H-pyrrole nitrogens is 2. The van der Waals surface area contributed by atoms with Gasteiger partial charge in [-0.1, -0.05) is 0 Å². The highest BCUT2D eigenvalue weighted by atomic mass is 32.1. The van der Waals surface area contributed by atoms with Crippen LogP contribution in [0, 0.1) is 17.5 Å². The van der Waals surface area contributed by atoms with Crippen molar-refractivity contribution in [2.24, 2.45) is 0 Å². The standard InChI is InChI=1S/C13H10FN5OS/c1-7-6-10(20)11(12-15-13(21)17-16-12)18-19(7)9-4-2-8(14)3-5-9/h2-6H,1H3,(H2,15,16,17,21). The van der Waals surface area contributed by atoms with Crippen molar-refractivity contribution in [1.29, 1.82) is 0 Å². The number of nitrogens with zero attached hydrogens (tertiary/aromatic N) is 3. The molecule has 0 spiro atoms. The first kappa shape index (κ1) is 13.4. The monoisotopic (exact) mass is 303 g/mol. The average molecular weight is 303 g/mol. The second-order valence-electron chi connectivity index (χ2n) is 4.40. The molecule has 0 amide bonds. The number of benzene rings is 1. The molecule has 0 radical (unpaired) electrons. The summed E-state index contributed by atoms with van der Waals surface area (Å²) in [7, 11) is 0. The predicted molar refractivity (Wildman–Crippen MR) is 77.3 cm³/mol. The van der Waals surface area contributed by atoms with Crippen LogP contribution in [0.4, 0.5) is 4.39 Å². The lowest BCUT2D eigenvalue weighted by Crippen LogP contribution is -2.16. The van der Waals surface area contributed by atoms with Crippen LogP contribution in [0.1, 0.15) is 5.69 Å².